The van der Waals surface area contributed by atoms with Gasteiger partial charge in [0.25, 0.3) is 0 Å². The molecule has 0 unspecified atom stereocenters. The molecule has 84 valence electrons. The molecule has 0 fully saturated rings. The standard InChI is InChI=1S/C10H14N6/c1-10(2,11)8-6-16(15-14-8)7-9-12-4-3-5-13-9/h3-6H,7,11H2,1-2H3. The minimum atomic E-state index is -0.476. The van der Waals surface area contributed by atoms with Crippen molar-refractivity contribution in [2.24, 2.45) is 5.73 Å². The van der Waals surface area contributed by atoms with Crippen molar-refractivity contribution in [3.05, 3.63) is 36.2 Å². The summed E-state index contributed by atoms with van der Waals surface area (Å²) in [5.74, 6) is 0.703. The highest BCUT2D eigenvalue weighted by molar-refractivity contribution is 5.06. The number of nitrogens with two attached hydrogens (primary N) is 1. The molecule has 2 N–H and O–H groups in total. The first kappa shape index (κ1) is 10.7. The van der Waals surface area contributed by atoms with Crippen LogP contribution in [0.3, 0.4) is 0 Å². The fourth-order valence-electron chi connectivity index (χ4n) is 1.23. The fourth-order valence-corrected chi connectivity index (χ4v) is 1.23. The second-order valence-corrected chi connectivity index (χ2v) is 4.19. The average Bonchev–Trinajstić information content (AvgIpc) is 2.67. The summed E-state index contributed by atoms with van der Waals surface area (Å²) in [6.45, 7) is 4.28. The lowest BCUT2D eigenvalue weighted by atomic mass is 10.0. The number of aromatic nitrogens is 5. The van der Waals surface area contributed by atoms with Crippen LogP contribution in [0.5, 0.6) is 0 Å². The Bertz CT molecular complexity index is 456. The molecule has 0 aromatic carbocycles. The fraction of sp³-hybridized carbons (Fsp3) is 0.400. The van der Waals surface area contributed by atoms with Gasteiger partial charge >= 0.3 is 0 Å². The number of nitrogens with zero attached hydrogens (tertiary/aromatic N) is 5. The van der Waals surface area contributed by atoms with E-state index in [1.165, 1.54) is 0 Å². The molecule has 0 bridgehead atoms. The molecule has 0 spiro atoms. The number of rotatable bonds is 3. The normalized spacial score (nSPS) is 11.7. The van der Waals surface area contributed by atoms with Crippen LogP contribution in [0.25, 0.3) is 0 Å². The van der Waals surface area contributed by atoms with E-state index in [1.807, 2.05) is 20.0 Å². The van der Waals surface area contributed by atoms with Crippen LogP contribution in [0.15, 0.2) is 24.7 Å². The monoisotopic (exact) mass is 218 g/mol. The number of hydrogen-bond donors (Lipinski definition) is 1. The molecule has 2 rings (SSSR count). The predicted octanol–water partition coefficient (Wildman–Crippen LogP) is 0.310. The van der Waals surface area contributed by atoms with E-state index in [4.69, 9.17) is 5.73 Å². The highest BCUT2D eigenvalue weighted by Gasteiger charge is 2.18. The minimum Gasteiger partial charge on any atom is -0.320 e. The molecular formula is C10H14N6. The summed E-state index contributed by atoms with van der Waals surface area (Å²) in [5.41, 5.74) is 6.19. The summed E-state index contributed by atoms with van der Waals surface area (Å²) in [4.78, 5) is 8.23. The maximum Gasteiger partial charge on any atom is 0.149 e. The Morgan fingerprint density at radius 3 is 2.56 bits per heavy atom. The summed E-state index contributed by atoms with van der Waals surface area (Å²) < 4.78 is 1.68. The zero-order valence-corrected chi connectivity index (χ0v) is 9.33. The third-order valence-electron chi connectivity index (χ3n) is 2.12. The van der Waals surface area contributed by atoms with E-state index in [-0.39, 0.29) is 0 Å². The van der Waals surface area contributed by atoms with Gasteiger partial charge in [0.15, 0.2) is 0 Å². The maximum atomic E-state index is 5.92. The van der Waals surface area contributed by atoms with Crippen LogP contribution in [0.1, 0.15) is 25.4 Å². The van der Waals surface area contributed by atoms with Crippen molar-refractivity contribution in [2.75, 3.05) is 0 Å². The molecule has 0 aliphatic rings. The lowest BCUT2D eigenvalue weighted by Gasteiger charge is -2.13. The van der Waals surface area contributed by atoms with Crippen molar-refractivity contribution >= 4 is 0 Å². The zero-order chi connectivity index (χ0) is 11.6. The molecule has 0 aliphatic heterocycles. The molecule has 2 heterocycles. The molecule has 0 atom stereocenters. The Balaban J connectivity index is 2.15. The van der Waals surface area contributed by atoms with Gasteiger partial charge in [-0.3, -0.25) is 0 Å². The van der Waals surface area contributed by atoms with E-state index in [2.05, 4.69) is 20.3 Å². The molecule has 0 radical (unpaired) electrons. The summed E-state index contributed by atoms with van der Waals surface area (Å²) in [5, 5.41) is 8.00. The van der Waals surface area contributed by atoms with Crippen LogP contribution < -0.4 is 5.73 Å². The van der Waals surface area contributed by atoms with Crippen molar-refractivity contribution in [3.8, 4) is 0 Å². The first-order valence-corrected chi connectivity index (χ1v) is 5.01. The van der Waals surface area contributed by atoms with E-state index >= 15 is 0 Å². The topological polar surface area (TPSA) is 82.5 Å². The van der Waals surface area contributed by atoms with E-state index in [0.717, 1.165) is 5.69 Å². The third kappa shape index (κ3) is 2.40. The van der Waals surface area contributed by atoms with Gasteiger partial charge in [0.1, 0.15) is 18.1 Å². The van der Waals surface area contributed by atoms with Crippen LogP contribution >= 0.6 is 0 Å². The molecule has 2 aromatic heterocycles. The lowest BCUT2D eigenvalue weighted by Crippen LogP contribution is -2.29. The van der Waals surface area contributed by atoms with Crippen LogP contribution in [-0.4, -0.2) is 25.0 Å². The lowest BCUT2D eigenvalue weighted by molar-refractivity contribution is 0.533. The van der Waals surface area contributed by atoms with Gasteiger partial charge < -0.3 is 5.73 Å². The molecule has 16 heavy (non-hydrogen) atoms. The first-order valence-electron chi connectivity index (χ1n) is 5.01. The molecule has 6 heteroatoms. The molecule has 0 saturated heterocycles. The zero-order valence-electron chi connectivity index (χ0n) is 9.33. The summed E-state index contributed by atoms with van der Waals surface area (Å²) in [6.07, 6.45) is 5.22. The van der Waals surface area contributed by atoms with E-state index in [1.54, 1.807) is 23.1 Å². The van der Waals surface area contributed by atoms with Gasteiger partial charge in [0.05, 0.1) is 11.7 Å². The first-order chi connectivity index (χ1) is 7.55. The summed E-state index contributed by atoms with van der Waals surface area (Å²) in [6, 6.07) is 1.78. The van der Waals surface area contributed by atoms with Gasteiger partial charge in [-0.15, -0.1) is 5.10 Å². The molecule has 2 aromatic rings. The van der Waals surface area contributed by atoms with Gasteiger partial charge in [0, 0.05) is 12.4 Å². The van der Waals surface area contributed by atoms with Gasteiger partial charge in [-0.05, 0) is 19.9 Å². The van der Waals surface area contributed by atoms with Gasteiger partial charge in [-0.2, -0.15) is 0 Å². The van der Waals surface area contributed by atoms with Crippen LogP contribution in [0.2, 0.25) is 0 Å². The Hall–Kier alpha value is -1.82. The molecule has 0 saturated carbocycles. The van der Waals surface area contributed by atoms with E-state index in [0.29, 0.717) is 12.4 Å². The van der Waals surface area contributed by atoms with Gasteiger partial charge in [0.2, 0.25) is 0 Å². The highest BCUT2D eigenvalue weighted by atomic mass is 15.4. The van der Waals surface area contributed by atoms with E-state index < -0.39 is 5.54 Å². The van der Waals surface area contributed by atoms with Crippen LogP contribution in [0, 0.1) is 0 Å². The van der Waals surface area contributed by atoms with Crippen molar-refractivity contribution in [1.82, 2.24) is 25.0 Å². The van der Waals surface area contributed by atoms with Crippen LogP contribution in [0.4, 0.5) is 0 Å². The second-order valence-electron chi connectivity index (χ2n) is 4.19. The smallest absolute Gasteiger partial charge is 0.149 e. The van der Waals surface area contributed by atoms with Crippen LogP contribution in [-0.2, 0) is 12.1 Å². The predicted molar refractivity (Wildman–Crippen MR) is 58.4 cm³/mol. The quantitative estimate of drug-likeness (QED) is 0.801. The molecule has 6 nitrogen and oxygen atoms in total. The molecular weight excluding hydrogens is 204 g/mol. The Kier molecular flexibility index (Phi) is 2.66. The number of hydrogen-bond acceptors (Lipinski definition) is 5. The average molecular weight is 218 g/mol. The van der Waals surface area contributed by atoms with E-state index in [9.17, 15) is 0 Å². The second kappa shape index (κ2) is 3.97. The molecule has 0 aliphatic carbocycles. The van der Waals surface area contributed by atoms with Crippen molar-refractivity contribution < 1.29 is 0 Å². The Morgan fingerprint density at radius 1 is 1.31 bits per heavy atom. The largest absolute Gasteiger partial charge is 0.320 e. The van der Waals surface area contributed by atoms with Gasteiger partial charge in [-0.1, -0.05) is 5.21 Å². The van der Waals surface area contributed by atoms with Crippen molar-refractivity contribution in [1.29, 1.82) is 0 Å². The minimum absolute atomic E-state index is 0.476. The maximum absolute atomic E-state index is 5.92. The van der Waals surface area contributed by atoms with Crippen molar-refractivity contribution in [3.63, 3.8) is 0 Å². The molecule has 0 amide bonds. The Labute approximate surface area is 93.5 Å². The van der Waals surface area contributed by atoms with Gasteiger partial charge in [-0.25, -0.2) is 14.6 Å². The SMILES string of the molecule is CC(C)(N)c1cn(Cc2ncccn2)nn1. The Morgan fingerprint density at radius 2 is 2.00 bits per heavy atom. The summed E-state index contributed by atoms with van der Waals surface area (Å²) >= 11 is 0. The van der Waals surface area contributed by atoms with Crippen molar-refractivity contribution in [2.45, 2.75) is 25.9 Å². The summed E-state index contributed by atoms with van der Waals surface area (Å²) in [7, 11) is 0. The highest BCUT2D eigenvalue weighted by Crippen LogP contribution is 2.12. The third-order valence-corrected chi connectivity index (χ3v) is 2.12.